The summed E-state index contributed by atoms with van der Waals surface area (Å²) in [4.78, 5) is 17.0. The van der Waals surface area contributed by atoms with E-state index in [0.717, 1.165) is 44.2 Å². The van der Waals surface area contributed by atoms with Gasteiger partial charge in [-0.2, -0.15) is 0 Å². The smallest absolute Gasteiger partial charge is 0.225 e. The van der Waals surface area contributed by atoms with Gasteiger partial charge in [-0.3, -0.25) is 9.69 Å². The van der Waals surface area contributed by atoms with Gasteiger partial charge in [0.15, 0.2) is 0 Å². The van der Waals surface area contributed by atoms with Gasteiger partial charge in [-0.05, 0) is 61.4 Å². The van der Waals surface area contributed by atoms with Gasteiger partial charge in [-0.1, -0.05) is 6.07 Å². The first-order chi connectivity index (χ1) is 13.0. The van der Waals surface area contributed by atoms with E-state index in [2.05, 4.69) is 41.1 Å². The fourth-order valence-corrected chi connectivity index (χ4v) is 3.33. The van der Waals surface area contributed by atoms with Crippen molar-refractivity contribution in [2.45, 2.75) is 20.3 Å². The second-order valence-electron chi connectivity index (χ2n) is 7.12. The van der Waals surface area contributed by atoms with Gasteiger partial charge in [0.05, 0.1) is 7.11 Å². The molecule has 0 saturated carbocycles. The second-order valence-corrected chi connectivity index (χ2v) is 7.12. The topological polar surface area (TPSA) is 44.8 Å². The average molecular weight is 367 g/mol. The Labute approximate surface area is 161 Å². The number of carbonyl (C=O) groups excluding carboxylic acids is 1. The lowest BCUT2D eigenvalue weighted by molar-refractivity contribution is -0.116. The number of rotatable bonds is 6. The Morgan fingerprint density at radius 1 is 1.00 bits per heavy atom. The molecule has 0 aliphatic carbocycles. The molecule has 1 aliphatic heterocycles. The average Bonchev–Trinajstić information content (AvgIpc) is 2.70. The van der Waals surface area contributed by atoms with Crippen LogP contribution in [-0.2, 0) is 4.79 Å². The van der Waals surface area contributed by atoms with Gasteiger partial charge in [0.25, 0.3) is 0 Å². The van der Waals surface area contributed by atoms with Crippen molar-refractivity contribution in [3.63, 3.8) is 0 Å². The number of anilines is 2. The largest absolute Gasteiger partial charge is 0.497 e. The molecule has 5 nitrogen and oxygen atoms in total. The third kappa shape index (κ3) is 5.23. The predicted octanol–water partition coefficient (Wildman–Crippen LogP) is 3.46. The van der Waals surface area contributed by atoms with E-state index in [9.17, 15) is 4.79 Å². The number of nitrogens with one attached hydrogen (secondary N) is 1. The van der Waals surface area contributed by atoms with E-state index in [4.69, 9.17) is 4.74 Å². The highest BCUT2D eigenvalue weighted by molar-refractivity contribution is 5.90. The van der Waals surface area contributed by atoms with Crippen molar-refractivity contribution < 1.29 is 9.53 Å². The summed E-state index contributed by atoms with van der Waals surface area (Å²) in [6.07, 6.45) is 0.523. The summed E-state index contributed by atoms with van der Waals surface area (Å²) in [5.41, 5.74) is 4.54. The van der Waals surface area contributed by atoms with Crippen molar-refractivity contribution in [2.24, 2.45) is 0 Å². The Kier molecular flexibility index (Phi) is 6.35. The van der Waals surface area contributed by atoms with Crippen LogP contribution >= 0.6 is 0 Å². The summed E-state index contributed by atoms with van der Waals surface area (Å²) in [5, 5.41) is 3.01. The van der Waals surface area contributed by atoms with Crippen LogP contribution < -0.4 is 15.0 Å². The van der Waals surface area contributed by atoms with Crippen molar-refractivity contribution in [3.05, 3.63) is 53.6 Å². The fraction of sp³-hybridized carbons (Fsp3) is 0.409. The number of aryl methyl sites for hydroxylation is 2. The van der Waals surface area contributed by atoms with Crippen molar-refractivity contribution in [3.8, 4) is 5.75 Å². The van der Waals surface area contributed by atoms with Gasteiger partial charge in [-0.15, -0.1) is 0 Å². The van der Waals surface area contributed by atoms with Crippen molar-refractivity contribution >= 4 is 17.3 Å². The first kappa shape index (κ1) is 19.2. The molecule has 1 heterocycles. The van der Waals surface area contributed by atoms with Gasteiger partial charge in [0.1, 0.15) is 5.75 Å². The minimum absolute atomic E-state index is 0.0795. The minimum atomic E-state index is 0.0795. The van der Waals surface area contributed by atoms with Crippen LogP contribution in [0.3, 0.4) is 0 Å². The monoisotopic (exact) mass is 367 g/mol. The molecule has 0 atom stereocenters. The Bertz CT molecular complexity index is 766. The number of hydrogen-bond acceptors (Lipinski definition) is 4. The molecule has 27 heavy (non-hydrogen) atoms. The van der Waals surface area contributed by atoms with Crippen molar-refractivity contribution in [2.75, 3.05) is 50.1 Å². The minimum Gasteiger partial charge on any atom is -0.497 e. The van der Waals surface area contributed by atoms with E-state index in [0.29, 0.717) is 6.42 Å². The molecule has 0 bridgehead atoms. The zero-order chi connectivity index (χ0) is 19.2. The molecule has 0 spiro atoms. The quantitative estimate of drug-likeness (QED) is 0.849. The van der Waals surface area contributed by atoms with Gasteiger partial charge in [-0.25, -0.2) is 0 Å². The standard InChI is InChI=1S/C22H29N3O2/c1-17-4-5-19(16-18(17)2)23-22(26)10-11-24-12-14-25(15-13-24)20-6-8-21(27-3)9-7-20/h4-9,16H,10-15H2,1-3H3,(H,23,26). The van der Waals surface area contributed by atoms with Crippen LogP contribution in [0.15, 0.2) is 42.5 Å². The number of amides is 1. The maximum atomic E-state index is 12.2. The highest BCUT2D eigenvalue weighted by Crippen LogP contribution is 2.20. The SMILES string of the molecule is COc1ccc(N2CCN(CCC(=O)Nc3ccc(C)c(C)c3)CC2)cc1. The molecule has 2 aromatic carbocycles. The highest BCUT2D eigenvalue weighted by Gasteiger charge is 2.18. The van der Waals surface area contributed by atoms with E-state index >= 15 is 0 Å². The molecule has 5 heteroatoms. The molecule has 3 rings (SSSR count). The lowest BCUT2D eigenvalue weighted by Crippen LogP contribution is -2.47. The van der Waals surface area contributed by atoms with Crippen LogP contribution in [0.25, 0.3) is 0 Å². The fourth-order valence-electron chi connectivity index (χ4n) is 3.33. The van der Waals surface area contributed by atoms with Crippen LogP contribution in [0.1, 0.15) is 17.5 Å². The Morgan fingerprint density at radius 2 is 1.70 bits per heavy atom. The van der Waals surface area contributed by atoms with Crippen LogP contribution in [0.5, 0.6) is 5.75 Å². The lowest BCUT2D eigenvalue weighted by Gasteiger charge is -2.36. The van der Waals surface area contributed by atoms with E-state index < -0.39 is 0 Å². The molecule has 1 aliphatic rings. The number of benzene rings is 2. The molecule has 0 radical (unpaired) electrons. The maximum absolute atomic E-state index is 12.2. The number of hydrogen-bond donors (Lipinski definition) is 1. The van der Waals surface area contributed by atoms with E-state index in [-0.39, 0.29) is 5.91 Å². The lowest BCUT2D eigenvalue weighted by atomic mass is 10.1. The zero-order valence-electron chi connectivity index (χ0n) is 16.5. The van der Waals surface area contributed by atoms with Crippen LogP contribution in [0.4, 0.5) is 11.4 Å². The maximum Gasteiger partial charge on any atom is 0.225 e. The predicted molar refractivity (Wildman–Crippen MR) is 111 cm³/mol. The molecular formula is C22H29N3O2. The first-order valence-electron chi connectivity index (χ1n) is 9.53. The molecular weight excluding hydrogens is 338 g/mol. The number of piperazine rings is 1. The Balaban J connectivity index is 1.42. The molecule has 1 amide bonds. The molecule has 1 fully saturated rings. The van der Waals surface area contributed by atoms with Crippen LogP contribution in [-0.4, -0.2) is 50.6 Å². The first-order valence-corrected chi connectivity index (χ1v) is 9.53. The van der Waals surface area contributed by atoms with Gasteiger partial charge < -0.3 is 15.0 Å². The van der Waals surface area contributed by atoms with Crippen molar-refractivity contribution in [1.82, 2.24) is 4.90 Å². The summed E-state index contributed by atoms with van der Waals surface area (Å²) in [6, 6.07) is 14.2. The molecule has 2 aromatic rings. The molecule has 0 unspecified atom stereocenters. The summed E-state index contributed by atoms with van der Waals surface area (Å²) in [7, 11) is 1.68. The van der Waals surface area contributed by atoms with Gasteiger partial charge in [0.2, 0.25) is 5.91 Å². The van der Waals surface area contributed by atoms with E-state index in [1.807, 2.05) is 30.3 Å². The van der Waals surface area contributed by atoms with Crippen molar-refractivity contribution in [1.29, 1.82) is 0 Å². The van der Waals surface area contributed by atoms with Gasteiger partial charge >= 0.3 is 0 Å². The van der Waals surface area contributed by atoms with E-state index in [1.54, 1.807) is 7.11 Å². The molecule has 1 saturated heterocycles. The summed E-state index contributed by atoms with van der Waals surface area (Å²) < 4.78 is 5.22. The highest BCUT2D eigenvalue weighted by atomic mass is 16.5. The third-order valence-corrected chi connectivity index (χ3v) is 5.26. The number of ether oxygens (including phenoxy) is 1. The van der Waals surface area contributed by atoms with Gasteiger partial charge in [0, 0.05) is 50.5 Å². The third-order valence-electron chi connectivity index (χ3n) is 5.26. The summed E-state index contributed by atoms with van der Waals surface area (Å²) >= 11 is 0. The summed E-state index contributed by atoms with van der Waals surface area (Å²) in [5.74, 6) is 0.961. The Morgan fingerprint density at radius 3 is 2.33 bits per heavy atom. The van der Waals surface area contributed by atoms with E-state index in [1.165, 1.54) is 16.8 Å². The molecule has 0 aromatic heterocycles. The number of methoxy groups -OCH3 is 1. The zero-order valence-corrected chi connectivity index (χ0v) is 16.5. The molecule has 1 N–H and O–H groups in total. The van der Waals surface area contributed by atoms with Crippen LogP contribution in [0, 0.1) is 13.8 Å². The normalized spacial score (nSPS) is 14.9. The summed E-state index contributed by atoms with van der Waals surface area (Å²) in [6.45, 7) is 8.84. The number of nitrogens with zero attached hydrogens (tertiary/aromatic N) is 2. The Hall–Kier alpha value is -2.53. The second kappa shape index (κ2) is 8.91. The van der Waals surface area contributed by atoms with Crippen LogP contribution in [0.2, 0.25) is 0 Å². The number of carbonyl (C=O) groups is 1. The molecule has 144 valence electrons.